The molecule has 4 rings (SSSR count). The van der Waals surface area contributed by atoms with Crippen LogP contribution < -0.4 is 14.8 Å². The van der Waals surface area contributed by atoms with Crippen molar-refractivity contribution in [1.82, 2.24) is 4.90 Å². The van der Waals surface area contributed by atoms with E-state index < -0.39 is 5.54 Å². The van der Waals surface area contributed by atoms with E-state index in [4.69, 9.17) is 9.47 Å². The molecule has 1 heterocycles. The summed E-state index contributed by atoms with van der Waals surface area (Å²) in [5, 5.41) is 3.14. The number of hydrogen-bond acceptors (Lipinski definition) is 4. The number of carbonyl (C=O) groups excluding carboxylic acids is 2. The Morgan fingerprint density at radius 3 is 2.41 bits per heavy atom. The van der Waals surface area contributed by atoms with Crippen molar-refractivity contribution in [3.8, 4) is 11.5 Å². The molecule has 0 unspecified atom stereocenters. The van der Waals surface area contributed by atoms with Crippen LogP contribution in [0.4, 0.5) is 5.69 Å². The monoisotopic (exact) mass is 434 g/mol. The van der Waals surface area contributed by atoms with Crippen LogP contribution in [0, 0.1) is 13.8 Å². The van der Waals surface area contributed by atoms with Gasteiger partial charge < -0.3 is 19.7 Å². The molecule has 2 aliphatic rings. The molecule has 0 spiro atoms. The van der Waals surface area contributed by atoms with Gasteiger partial charge in [0.05, 0.1) is 0 Å². The molecule has 0 atom stereocenters. The first-order chi connectivity index (χ1) is 15.4. The number of benzene rings is 2. The van der Waals surface area contributed by atoms with E-state index in [1.165, 1.54) is 6.08 Å². The molecule has 1 saturated carbocycles. The number of hydrogen-bond donors (Lipinski definition) is 1. The summed E-state index contributed by atoms with van der Waals surface area (Å²) in [6.45, 7) is 4.18. The fourth-order valence-electron chi connectivity index (χ4n) is 4.60. The maximum atomic E-state index is 13.6. The Labute approximate surface area is 189 Å². The molecule has 0 radical (unpaired) electrons. The van der Waals surface area contributed by atoms with Crippen molar-refractivity contribution in [2.75, 3.05) is 19.2 Å². The van der Waals surface area contributed by atoms with E-state index in [9.17, 15) is 9.59 Å². The van der Waals surface area contributed by atoms with Gasteiger partial charge in [0, 0.05) is 18.8 Å². The molecule has 0 saturated heterocycles. The maximum Gasteiger partial charge on any atom is 0.250 e. The number of para-hydroxylation sites is 1. The van der Waals surface area contributed by atoms with Gasteiger partial charge in [0.15, 0.2) is 11.5 Å². The average Bonchev–Trinajstić information content (AvgIpc) is 3.27. The van der Waals surface area contributed by atoms with Gasteiger partial charge in [0.2, 0.25) is 18.6 Å². The first-order valence-electron chi connectivity index (χ1n) is 11.1. The average molecular weight is 435 g/mol. The highest BCUT2D eigenvalue weighted by Crippen LogP contribution is 2.36. The largest absolute Gasteiger partial charge is 0.454 e. The van der Waals surface area contributed by atoms with Crippen molar-refractivity contribution in [2.24, 2.45) is 0 Å². The van der Waals surface area contributed by atoms with Gasteiger partial charge in [-0.1, -0.05) is 43.5 Å². The summed E-state index contributed by atoms with van der Waals surface area (Å²) in [6, 6.07) is 11.5. The maximum absolute atomic E-state index is 13.6. The van der Waals surface area contributed by atoms with Gasteiger partial charge in [-0.25, -0.2) is 0 Å². The topological polar surface area (TPSA) is 67.9 Å². The van der Waals surface area contributed by atoms with Crippen molar-refractivity contribution in [3.05, 3.63) is 59.2 Å². The van der Waals surface area contributed by atoms with Crippen LogP contribution in [0.1, 0.15) is 48.8 Å². The highest BCUT2D eigenvalue weighted by atomic mass is 16.7. The molecular formula is C26H30N2O4. The summed E-state index contributed by atoms with van der Waals surface area (Å²) in [5.74, 6) is 1.07. The van der Waals surface area contributed by atoms with Crippen LogP contribution in [0.5, 0.6) is 11.5 Å². The van der Waals surface area contributed by atoms with Crippen LogP contribution in [0.15, 0.2) is 42.5 Å². The third-order valence-corrected chi connectivity index (χ3v) is 6.61. The van der Waals surface area contributed by atoms with Gasteiger partial charge in [-0.2, -0.15) is 0 Å². The normalized spacial score (nSPS) is 16.7. The summed E-state index contributed by atoms with van der Waals surface area (Å²) in [4.78, 5) is 28.4. The molecule has 6 nitrogen and oxygen atoms in total. The molecule has 0 aromatic heterocycles. The third kappa shape index (κ3) is 4.22. The lowest BCUT2D eigenvalue weighted by atomic mass is 9.79. The van der Waals surface area contributed by atoms with Gasteiger partial charge >= 0.3 is 0 Å². The van der Waals surface area contributed by atoms with E-state index in [-0.39, 0.29) is 18.6 Å². The first-order valence-corrected chi connectivity index (χ1v) is 11.1. The van der Waals surface area contributed by atoms with E-state index in [0.29, 0.717) is 24.3 Å². The molecule has 0 bridgehead atoms. The Balaban J connectivity index is 1.55. The molecule has 1 aliphatic heterocycles. The van der Waals surface area contributed by atoms with Crippen LogP contribution in [0.3, 0.4) is 0 Å². The molecule has 2 aromatic rings. The highest BCUT2D eigenvalue weighted by molar-refractivity contribution is 6.03. The summed E-state index contributed by atoms with van der Waals surface area (Å²) in [7, 11) is 1.74. The number of fused-ring (bicyclic) bond motifs is 1. The van der Waals surface area contributed by atoms with Crippen molar-refractivity contribution < 1.29 is 19.1 Å². The second-order valence-corrected chi connectivity index (χ2v) is 8.66. The molecule has 1 fully saturated rings. The minimum atomic E-state index is -0.858. The van der Waals surface area contributed by atoms with Crippen LogP contribution in [-0.2, 0) is 9.59 Å². The van der Waals surface area contributed by atoms with E-state index in [1.807, 2.05) is 50.2 Å². The second kappa shape index (κ2) is 9.07. The predicted octanol–water partition coefficient (Wildman–Crippen LogP) is 4.85. The van der Waals surface area contributed by atoms with Gasteiger partial charge in [-0.15, -0.1) is 0 Å². The quantitative estimate of drug-likeness (QED) is 0.684. The zero-order chi connectivity index (χ0) is 22.7. The Morgan fingerprint density at radius 1 is 1.00 bits per heavy atom. The fourth-order valence-corrected chi connectivity index (χ4v) is 4.60. The summed E-state index contributed by atoms with van der Waals surface area (Å²) >= 11 is 0. The van der Waals surface area contributed by atoms with Crippen LogP contribution in [-0.4, -0.2) is 36.1 Å². The minimum Gasteiger partial charge on any atom is -0.454 e. The smallest absolute Gasteiger partial charge is 0.250 e. The van der Waals surface area contributed by atoms with Crippen molar-refractivity contribution in [1.29, 1.82) is 0 Å². The number of anilines is 1. The van der Waals surface area contributed by atoms with Gasteiger partial charge in [0.25, 0.3) is 0 Å². The number of likely N-dealkylation sites (N-methyl/N-ethyl adjacent to an activating group) is 1. The Kier molecular flexibility index (Phi) is 6.21. The van der Waals surface area contributed by atoms with E-state index in [1.54, 1.807) is 18.0 Å². The van der Waals surface area contributed by atoms with Crippen molar-refractivity contribution in [2.45, 2.75) is 51.5 Å². The third-order valence-electron chi connectivity index (χ3n) is 6.61. The highest BCUT2D eigenvalue weighted by Gasteiger charge is 2.45. The summed E-state index contributed by atoms with van der Waals surface area (Å²) in [6.07, 6.45) is 7.51. The number of nitrogens with one attached hydrogen (secondary N) is 1. The number of amides is 2. The molecule has 1 aliphatic carbocycles. The molecule has 1 N–H and O–H groups in total. The molecule has 6 heteroatoms. The van der Waals surface area contributed by atoms with Gasteiger partial charge in [-0.05, 0) is 61.6 Å². The van der Waals surface area contributed by atoms with Gasteiger partial charge in [-0.3, -0.25) is 9.59 Å². The van der Waals surface area contributed by atoms with E-state index in [2.05, 4.69) is 5.32 Å². The lowest BCUT2D eigenvalue weighted by Crippen LogP contribution is -2.58. The Morgan fingerprint density at radius 2 is 1.69 bits per heavy atom. The van der Waals surface area contributed by atoms with E-state index in [0.717, 1.165) is 41.6 Å². The van der Waals surface area contributed by atoms with Crippen LogP contribution >= 0.6 is 0 Å². The number of carbonyl (C=O) groups is 2. The van der Waals surface area contributed by atoms with Crippen molar-refractivity contribution in [3.63, 3.8) is 0 Å². The standard InChI is InChI=1S/C26H30N2O4/c1-18-8-7-9-19(2)24(18)27-25(30)26(14-5-4-6-15-26)28(3)23(29)13-11-20-10-12-21-22(16-20)32-17-31-21/h7-13,16H,4-6,14-15,17H2,1-3H3,(H,27,30)/b13-11+. The molecular weight excluding hydrogens is 404 g/mol. The Bertz CT molecular complexity index is 1030. The Hall–Kier alpha value is -3.28. The SMILES string of the molecule is Cc1cccc(C)c1NC(=O)C1(N(C)C(=O)/C=C/c2ccc3c(c2)OCO3)CCCCC1. The summed E-state index contributed by atoms with van der Waals surface area (Å²) in [5.41, 5.74) is 2.85. The molecule has 2 aromatic carbocycles. The number of rotatable bonds is 5. The summed E-state index contributed by atoms with van der Waals surface area (Å²) < 4.78 is 10.7. The lowest BCUT2D eigenvalue weighted by Gasteiger charge is -2.43. The lowest BCUT2D eigenvalue weighted by molar-refractivity contribution is -0.142. The predicted molar refractivity (Wildman–Crippen MR) is 125 cm³/mol. The van der Waals surface area contributed by atoms with Gasteiger partial charge in [0.1, 0.15) is 5.54 Å². The molecule has 2 amide bonds. The number of aryl methyl sites for hydroxylation is 2. The molecule has 32 heavy (non-hydrogen) atoms. The first kappa shape index (κ1) is 21.9. The zero-order valence-electron chi connectivity index (χ0n) is 18.9. The number of ether oxygens (including phenoxy) is 2. The van der Waals surface area contributed by atoms with Crippen LogP contribution in [0.25, 0.3) is 6.08 Å². The van der Waals surface area contributed by atoms with E-state index >= 15 is 0 Å². The second-order valence-electron chi connectivity index (χ2n) is 8.66. The number of nitrogens with zero attached hydrogens (tertiary/aromatic N) is 1. The fraction of sp³-hybridized carbons (Fsp3) is 0.385. The van der Waals surface area contributed by atoms with Crippen molar-refractivity contribution >= 4 is 23.6 Å². The minimum absolute atomic E-state index is 0.109. The molecule has 168 valence electrons. The zero-order valence-corrected chi connectivity index (χ0v) is 18.9. The van der Waals surface area contributed by atoms with Crippen LogP contribution in [0.2, 0.25) is 0 Å².